The normalized spacial score (nSPS) is 22.8. The van der Waals surface area contributed by atoms with E-state index in [1.165, 1.54) is 0 Å². The Labute approximate surface area is 176 Å². The number of benzene rings is 1. The summed E-state index contributed by atoms with van der Waals surface area (Å²) in [6, 6.07) is 12.1. The number of carbonyl (C=O) groups is 1. The van der Waals surface area contributed by atoms with Gasteiger partial charge >= 0.3 is 0 Å². The fourth-order valence-electron chi connectivity index (χ4n) is 4.53. The maximum absolute atomic E-state index is 12.5. The molecular formula is C25H22N4O. The molecule has 0 aliphatic heterocycles. The van der Waals surface area contributed by atoms with Crippen LogP contribution in [-0.4, -0.2) is 15.8 Å². The third kappa shape index (κ3) is 3.17. The zero-order valence-corrected chi connectivity index (χ0v) is 16.6. The number of Topliss-reactive ketones (excluding diaryl/α,β-unsaturated/α-hetero) is 1. The summed E-state index contributed by atoms with van der Waals surface area (Å²) in [6.07, 6.45) is 10.8. The molecule has 1 N–H and O–H groups in total. The van der Waals surface area contributed by atoms with E-state index in [2.05, 4.69) is 29.5 Å². The van der Waals surface area contributed by atoms with Crippen molar-refractivity contribution in [2.24, 2.45) is 5.92 Å². The second-order valence-electron chi connectivity index (χ2n) is 7.52. The molecule has 1 heterocycles. The van der Waals surface area contributed by atoms with Crippen LogP contribution in [0.1, 0.15) is 29.7 Å². The number of hydrogen-bond acceptors (Lipinski definition) is 5. The molecule has 2 aliphatic rings. The first-order chi connectivity index (χ1) is 14.6. The van der Waals surface area contributed by atoms with Crippen LogP contribution in [0.3, 0.4) is 0 Å². The third-order valence-electron chi connectivity index (χ3n) is 5.91. The van der Waals surface area contributed by atoms with Crippen molar-refractivity contribution < 1.29 is 4.79 Å². The van der Waals surface area contributed by atoms with Crippen molar-refractivity contribution in [2.75, 3.05) is 5.32 Å². The summed E-state index contributed by atoms with van der Waals surface area (Å²) >= 11 is 0. The van der Waals surface area contributed by atoms with E-state index in [9.17, 15) is 10.1 Å². The fraction of sp³-hybridized carbons (Fsp3) is 0.200. The second kappa shape index (κ2) is 7.92. The van der Waals surface area contributed by atoms with Gasteiger partial charge in [-0.05, 0) is 48.1 Å². The molecule has 4 rings (SSSR count). The lowest BCUT2D eigenvalue weighted by atomic mass is 9.57. The maximum atomic E-state index is 12.5. The monoisotopic (exact) mass is 394 g/mol. The van der Waals surface area contributed by atoms with E-state index in [1.807, 2.05) is 42.6 Å². The first-order valence-electron chi connectivity index (χ1n) is 9.92. The molecule has 2 aliphatic carbocycles. The minimum atomic E-state index is -0.635. The highest BCUT2D eigenvalue weighted by molar-refractivity contribution is 6.01. The Morgan fingerprint density at radius 2 is 2.10 bits per heavy atom. The lowest BCUT2D eigenvalue weighted by Crippen LogP contribution is -2.44. The molecule has 148 valence electrons. The lowest BCUT2D eigenvalue weighted by Gasteiger charge is -2.45. The fourth-order valence-corrected chi connectivity index (χ4v) is 4.53. The van der Waals surface area contributed by atoms with Crippen molar-refractivity contribution in [1.82, 2.24) is 9.97 Å². The van der Waals surface area contributed by atoms with Gasteiger partial charge in [0.1, 0.15) is 6.07 Å². The van der Waals surface area contributed by atoms with Gasteiger partial charge in [0, 0.05) is 18.3 Å². The number of fused-ring (bicyclic) bond motifs is 3. The molecule has 0 spiro atoms. The predicted molar refractivity (Wildman–Crippen MR) is 116 cm³/mol. The van der Waals surface area contributed by atoms with Crippen molar-refractivity contribution in [1.29, 1.82) is 5.26 Å². The molecule has 2 aromatic rings. The summed E-state index contributed by atoms with van der Waals surface area (Å²) in [4.78, 5) is 21.9. The van der Waals surface area contributed by atoms with E-state index in [1.54, 1.807) is 18.2 Å². The van der Waals surface area contributed by atoms with Crippen LogP contribution >= 0.6 is 0 Å². The molecular weight excluding hydrogens is 372 g/mol. The zero-order chi connectivity index (χ0) is 21.1. The Hall–Kier alpha value is -3.78. The number of hydrogen-bond donors (Lipinski definition) is 1. The number of nitriles is 1. The third-order valence-corrected chi connectivity index (χ3v) is 5.91. The topological polar surface area (TPSA) is 78.7 Å². The Bertz CT molecular complexity index is 1120. The lowest BCUT2D eigenvalue weighted by molar-refractivity contribution is -0.117. The van der Waals surface area contributed by atoms with E-state index in [0.29, 0.717) is 12.4 Å². The molecule has 5 heteroatoms. The molecule has 0 bridgehead atoms. The molecule has 0 saturated heterocycles. The van der Waals surface area contributed by atoms with Crippen molar-refractivity contribution in [2.45, 2.75) is 24.7 Å². The van der Waals surface area contributed by atoms with Crippen molar-refractivity contribution in [3.63, 3.8) is 0 Å². The Morgan fingerprint density at radius 1 is 1.30 bits per heavy atom. The van der Waals surface area contributed by atoms with Crippen molar-refractivity contribution >= 4 is 11.7 Å². The van der Waals surface area contributed by atoms with E-state index >= 15 is 0 Å². The standard InChI is InChI=1S/C25H22N4O/c1-3-8-21(4-2)28-24-27-16-17-11-12-20-13-22(30)18(15-26)14-25(20,23(17)29-24)19-9-6-5-7-10-19/h3-10,14,16,20H,1-2,11-13H2,(H,27,28,29)/b21-8+. The summed E-state index contributed by atoms with van der Waals surface area (Å²) in [5.41, 5.74) is 3.23. The van der Waals surface area contributed by atoms with Gasteiger partial charge in [-0.25, -0.2) is 9.97 Å². The molecule has 0 amide bonds. The molecule has 30 heavy (non-hydrogen) atoms. The van der Waals surface area contributed by atoms with Crippen LogP contribution in [0.4, 0.5) is 5.95 Å². The van der Waals surface area contributed by atoms with Gasteiger partial charge in [0.05, 0.1) is 16.7 Å². The number of allylic oxidation sites excluding steroid dienone is 5. The van der Waals surface area contributed by atoms with Crippen molar-refractivity contribution in [3.8, 4) is 6.07 Å². The largest absolute Gasteiger partial charge is 0.324 e. The molecule has 0 fully saturated rings. The molecule has 0 radical (unpaired) electrons. The van der Waals surface area contributed by atoms with E-state index in [4.69, 9.17) is 4.98 Å². The van der Waals surface area contributed by atoms with Crippen LogP contribution in [-0.2, 0) is 16.6 Å². The molecule has 2 unspecified atom stereocenters. The van der Waals surface area contributed by atoms with Crippen LogP contribution in [0, 0.1) is 17.2 Å². The van der Waals surface area contributed by atoms with Gasteiger partial charge in [-0.3, -0.25) is 4.79 Å². The molecule has 1 aromatic heterocycles. The zero-order valence-electron chi connectivity index (χ0n) is 16.6. The van der Waals surface area contributed by atoms with Gasteiger partial charge in [0.2, 0.25) is 5.95 Å². The molecule has 2 atom stereocenters. The van der Waals surface area contributed by atoms with Crippen LogP contribution in [0.5, 0.6) is 0 Å². The Morgan fingerprint density at radius 3 is 2.80 bits per heavy atom. The molecule has 0 saturated carbocycles. The number of aryl methyl sites for hydroxylation is 1. The highest BCUT2D eigenvalue weighted by Crippen LogP contribution is 2.51. The number of nitrogens with zero attached hydrogens (tertiary/aromatic N) is 3. The smallest absolute Gasteiger partial charge is 0.227 e. The number of ketones is 1. The number of anilines is 1. The minimum Gasteiger partial charge on any atom is -0.324 e. The average Bonchev–Trinajstić information content (AvgIpc) is 2.78. The molecule has 5 nitrogen and oxygen atoms in total. The predicted octanol–water partition coefficient (Wildman–Crippen LogP) is 4.42. The van der Waals surface area contributed by atoms with Gasteiger partial charge in [-0.1, -0.05) is 49.6 Å². The second-order valence-corrected chi connectivity index (χ2v) is 7.52. The maximum Gasteiger partial charge on any atom is 0.227 e. The summed E-state index contributed by atoms with van der Waals surface area (Å²) < 4.78 is 0. The van der Waals surface area contributed by atoms with Crippen LogP contribution in [0.25, 0.3) is 0 Å². The molecule has 1 aromatic carbocycles. The first kappa shape index (κ1) is 19.5. The number of carbonyl (C=O) groups excluding carboxylic acids is 1. The van der Waals surface area contributed by atoms with Gasteiger partial charge in [0.15, 0.2) is 5.78 Å². The SMILES string of the molecule is C=C/C=C(\C=C)Nc1ncc2c(n1)C1(c3ccccc3)C=C(C#N)C(=O)CC1CC2. The summed E-state index contributed by atoms with van der Waals surface area (Å²) in [6.45, 7) is 7.52. The van der Waals surface area contributed by atoms with Crippen LogP contribution in [0.15, 0.2) is 85.3 Å². The minimum absolute atomic E-state index is 0.0438. The highest BCUT2D eigenvalue weighted by Gasteiger charge is 2.49. The summed E-state index contributed by atoms with van der Waals surface area (Å²) in [7, 11) is 0. The summed E-state index contributed by atoms with van der Waals surface area (Å²) in [5.74, 6) is 0.400. The average molecular weight is 394 g/mol. The Balaban J connectivity index is 1.95. The van der Waals surface area contributed by atoms with E-state index in [-0.39, 0.29) is 17.3 Å². The summed E-state index contributed by atoms with van der Waals surface area (Å²) in [5, 5.41) is 12.8. The first-order valence-corrected chi connectivity index (χ1v) is 9.92. The van der Waals surface area contributed by atoms with Crippen LogP contribution in [0.2, 0.25) is 0 Å². The van der Waals surface area contributed by atoms with Crippen LogP contribution < -0.4 is 5.32 Å². The number of rotatable bonds is 5. The number of nitrogens with one attached hydrogen (secondary N) is 1. The van der Waals surface area contributed by atoms with E-state index < -0.39 is 5.41 Å². The van der Waals surface area contributed by atoms with Gasteiger partial charge in [-0.2, -0.15) is 5.26 Å². The quantitative estimate of drug-likeness (QED) is 0.760. The van der Waals surface area contributed by atoms with Gasteiger partial charge in [-0.15, -0.1) is 0 Å². The highest BCUT2D eigenvalue weighted by atomic mass is 16.1. The number of aromatic nitrogens is 2. The van der Waals surface area contributed by atoms with E-state index in [0.717, 1.165) is 35.4 Å². The van der Waals surface area contributed by atoms with Gasteiger partial charge in [0.25, 0.3) is 0 Å². The van der Waals surface area contributed by atoms with Gasteiger partial charge < -0.3 is 5.32 Å². The van der Waals surface area contributed by atoms with Crippen molar-refractivity contribution in [3.05, 3.63) is 102 Å². The Kier molecular flexibility index (Phi) is 5.16.